The Morgan fingerprint density at radius 2 is 2.08 bits per heavy atom. The molecule has 0 bridgehead atoms. The van der Waals surface area contributed by atoms with Crippen molar-refractivity contribution >= 4 is 0 Å². The summed E-state index contributed by atoms with van der Waals surface area (Å²) in [5.74, 6) is 4.87. The van der Waals surface area contributed by atoms with Crippen molar-refractivity contribution in [3.05, 3.63) is 23.0 Å². The summed E-state index contributed by atoms with van der Waals surface area (Å²) in [5, 5.41) is 9.86. The molecular formula is C22H34O2. The highest BCUT2D eigenvalue weighted by Crippen LogP contribution is 2.63. The minimum absolute atomic E-state index is 0.399. The average Bonchev–Trinajstić information content (AvgIpc) is 2.96. The van der Waals surface area contributed by atoms with Crippen molar-refractivity contribution in [3.63, 3.8) is 0 Å². The Labute approximate surface area is 147 Å². The third-order valence-corrected chi connectivity index (χ3v) is 8.32. The van der Waals surface area contributed by atoms with Gasteiger partial charge in [0.1, 0.15) is 0 Å². The molecule has 0 amide bonds. The first-order valence-corrected chi connectivity index (χ1v) is 10.2. The molecule has 2 fully saturated rings. The lowest BCUT2D eigenvalue weighted by Crippen LogP contribution is -2.45. The molecule has 1 N–H and O–H groups in total. The van der Waals surface area contributed by atoms with E-state index in [9.17, 15) is 5.11 Å². The predicted octanol–water partition coefficient (Wildman–Crippen LogP) is 5.09. The monoisotopic (exact) mass is 330 g/mol. The number of aliphatic hydroxyl groups excluding tert-OH is 1. The van der Waals surface area contributed by atoms with Crippen LogP contribution in [0, 0.1) is 35.0 Å². The second-order valence-corrected chi connectivity index (χ2v) is 9.00. The van der Waals surface area contributed by atoms with Gasteiger partial charge in [0.15, 0.2) is 0 Å². The summed E-state index contributed by atoms with van der Waals surface area (Å²) >= 11 is 0. The third-order valence-electron chi connectivity index (χ3n) is 8.32. The lowest BCUT2D eigenvalue weighted by Gasteiger charge is -2.53. The Balaban J connectivity index is 1.64. The van der Waals surface area contributed by atoms with E-state index in [-0.39, 0.29) is 0 Å². The number of aliphatic hydroxyl groups is 1. The van der Waals surface area contributed by atoms with Crippen molar-refractivity contribution in [1.82, 2.24) is 0 Å². The van der Waals surface area contributed by atoms with Crippen LogP contribution in [0.4, 0.5) is 0 Å². The first kappa shape index (κ1) is 16.7. The van der Waals surface area contributed by atoms with Gasteiger partial charge in [-0.15, -0.1) is 0 Å². The largest absolute Gasteiger partial charge is 0.501 e. The van der Waals surface area contributed by atoms with E-state index < -0.39 is 0 Å². The predicted molar refractivity (Wildman–Crippen MR) is 97.4 cm³/mol. The number of ether oxygens (including phenoxy) is 1. The molecule has 2 nitrogen and oxygen atoms in total. The molecule has 0 heterocycles. The van der Waals surface area contributed by atoms with Gasteiger partial charge in [-0.25, -0.2) is 0 Å². The van der Waals surface area contributed by atoms with E-state index in [0.29, 0.717) is 23.9 Å². The van der Waals surface area contributed by atoms with Crippen molar-refractivity contribution in [2.75, 3.05) is 13.7 Å². The van der Waals surface area contributed by atoms with Crippen LogP contribution in [0.15, 0.2) is 23.0 Å². The topological polar surface area (TPSA) is 29.5 Å². The molecule has 4 aliphatic carbocycles. The quantitative estimate of drug-likeness (QED) is 0.731. The summed E-state index contributed by atoms with van der Waals surface area (Å²) in [5.41, 5.74) is 3.92. The Morgan fingerprint density at radius 1 is 1.25 bits per heavy atom. The first-order chi connectivity index (χ1) is 11.6. The maximum atomic E-state index is 9.86. The van der Waals surface area contributed by atoms with Gasteiger partial charge in [-0.2, -0.15) is 0 Å². The van der Waals surface area contributed by atoms with Crippen LogP contribution in [-0.2, 0) is 4.74 Å². The molecule has 134 valence electrons. The normalized spacial score (nSPS) is 44.5. The van der Waals surface area contributed by atoms with E-state index in [1.54, 1.807) is 5.57 Å². The van der Waals surface area contributed by atoms with Crippen molar-refractivity contribution in [3.8, 4) is 0 Å². The molecule has 6 atom stereocenters. The van der Waals surface area contributed by atoms with Crippen molar-refractivity contribution in [2.24, 2.45) is 35.0 Å². The molecule has 2 heteroatoms. The number of hydrogen-bond donors (Lipinski definition) is 1. The summed E-state index contributed by atoms with van der Waals surface area (Å²) in [6.07, 6.45) is 12.6. The van der Waals surface area contributed by atoms with E-state index in [0.717, 1.165) is 24.2 Å². The fourth-order valence-electron chi connectivity index (χ4n) is 7.02. The highest BCUT2D eigenvalue weighted by atomic mass is 16.5. The van der Waals surface area contributed by atoms with Crippen LogP contribution in [0.2, 0.25) is 0 Å². The molecular weight excluding hydrogens is 296 g/mol. The van der Waals surface area contributed by atoms with Crippen molar-refractivity contribution in [2.45, 2.75) is 65.2 Å². The van der Waals surface area contributed by atoms with Crippen molar-refractivity contribution in [1.29, 1.82) is 0 Å². The van der Waals surface area contributed by atoms with Gasteiger partial charge in [-0.05, 0) is 80.1 Å². The van der Waals surface area contributed by atoms with Gasteiger partial charge in [-0.1, -0.05) is 25.0 Å². The summed E-state index contributed by atoms with van der Waals surface area (Å²) in [6.45, 7) is 5.22. The zero-order valence-electron chi connectivity index (χ0n) is 15.7. The van der Waals surface area contributed by atoms with E-state index in [1.807, 2.05) is 12.7 Å². The summed E-state index contributed by atoms with van der Waals surface area (Å²) < 4.78 is 5.62. The number of rotatable bonds is 3. The number of fused-ring (bicyclic) bond motifs is 4. The fraction of sp³-hybridized carbons (Fsp3) is 0.818. The number of methoxy groups -OCH3 is 1. The van der Waals surface area contributed by atoms with Crippen LogP contribution in [-0.4, -0.2) is 18.8 Å². The van der Waals surface area contributed by atoms with E-state index in [2.05, 4.69) is 19.9 Å². The van der Waals surface area contributed by atoms with Gasteiger partial charge in [0.25, 0.3) is 0 Å². The average molecular weight is 331 g/mol. The lowest BCUT2D eigenvalue weighted by molar-refractivity contribution is -0.00387. The van der Waals surface area contributed by atoms with Crippen LogP contribution in [0.3, 0.4) is 0 Å². The van der Waals surface area contributed by atoms with Gasteiger partial charge in [-0.3, -0.25) is 0 Å². The van der Waals surface area contributed by atoms with Gasteiger partial charge in [0.2, 0.25) is 0 Å². The summed E-state index contributed by atoms with van der Waals surface area (Å²) in [6, 6.07) is 0. The standard InChI is InChI=1S/C22H34O2/c1-4-14-11-17(24-3)12-15-5-7-18-19(21(14)15)9-10-22(2)16(13-23)6-8-20(18)22/h11,14,16,18-20,23H,4-10,12-13H2,1-3H3/t14?,16?,18-,19+,20+,22-/m1/s1. The second-order valence-electron chi connectivity index (χ2n) is 9.00. The molecule has 0 spiro atoms. The highest BCUT2D eigenvalue weighted by Gasteiger charge is 2.55. The molecule has 0 saturated heterocycles. The SMILES string of the molecule is CCC1C=C(OC)CC2=C1[C@H]1CC[C@]3(C)C(CO)CC[C@H]3[C@@H]1CC2. The summed E-state index contributed by atoms with van der Waals surface area (Å²) in [4.78, 5) is 0. The number of allylic oxidation sites excluding steroid dienone is 3. The van der Waals surface area contributed by atoms with Gasteiger partial charge < -0.3 is 9.84 Å². The third kappa shape index (κ3) is 2.32. The van der Waals surface area contributed by atoms with Crippen LogP contribution >= 0.6 is 0 Å². The Bertz CT molecular complexity index is 560. The fourth-order valence-corrected chi connectivity index (χ4v) is 7.02. The minimum atomic E-state index is 0.399. The number of hydrogen-bond acceptors (Lipinski definition) is 2. The van der Waals surface area contributed by atoms with E-state index >= 15 is 0 Å². The minimum Gasteiger partial charge on any atom is -0.501 e. The lowest BCUT2D eigenvalue weighted by atomic mass is 9.52. The van der Waals surface area contributed by atoms with Crippen LogP contribution < -0.4 is 0 Å². The van der Waals surface area contributed by atoms with Gasteiger partial charge >= 0.3 is 0 Å². The Hall–Kier alpha value is -0.760. The van der Waals surface area contributed by atoms with Crippen LogP contribution in [0.25, 0.3) is 0 Å². The molecule has 0 aromatic carbocycles. The molecule has 4 aliphatic rings. The first-order valence-electron chi connectivity index (χ1n) is 10.2. The molecule has 2 saturated carbocycles. The van der Waals surface area contributed by atoms with Gasteiger partial charge in [0.05, 0.1) is 12.9 Å². The van der Waals surface area contributed by atoms with Crippen molar-refractivity contribution < 1.29 is 9.84 Å². The van der Waals surface area contributed by atoms with E-state index in [1.165, 1.54) is 50.7 Å². The van der Waals surface area contributed by atoms with E-state index in [4.69, 9.17) is 4.74 Å². The molecule has 0 aromatic heterocycles. The maximum Gasteiger partial charge on any atom is 0.0962 e. The molecule has 0 aromatic rings. The zero-order chi connectivity index (χ0) is 16.9. The van der Waals surface area contributed by atoms with Crippen LogP contribution in [0.1, 0.15) is 65.2 Å². The Morgan fingerprint density at radius 3 is 2.79 bits per heavy atom. The molecule has 4 rings (SSSR count). The zero-order valence-corrected chi connectivity index (χ0v) is 15.7. The highest BCUT2D eigenvalue weighted by molar-refractivity contribution is 5.35. The van der Waals surface area contributed by atoms with Crippen LogP contribution in [0.5, 0.6) is 0 Å². The molecule has 2 unspecified atom stereocenters. The smallest absolute Gasteiger partial charge is 0.0962 e. The maximum absolute atomic E-state index is 9.86. The molecule has 0 aliphatic heterocycles. The second kappa shape index (κ2) is 6.20. The molecule has 24 heavy (non-hydrogen) atoms. The Kier molecular flexibility index (Phi) is 4.31. The molecule has 0 radical (unpaired) electrons. The van der Waals surface area contributed by atoms with Gasteiger partial charge in [0, 0.05) is 18.9 Å². The summed E-state index contributed by atoms with van der Waals surface area (Å²) in [7, 11) is 1.83.